The second-order valence-electron chi connectivity index (χ2n) is 7.45. The summed E-state index contributed by atoms with van der Waals surface area (Å²) in [5.74, 6) is 2.60. The van der Waals surface area contributed by atoms with Gasteiger partial charge in [-0.05, 0) is 48.5 Å². The predicted octanol–water partition coefficient (Wildman–Crippen LogP) is 4.81. The Hall–Kier alpha value is -3.95. The van der Waals surface area contributed by atoms with Gasteiger partial charge in [-0.2, -0.15) is 20.1 Å². The van der Waals surface area contributed by atoms with Gasteiger partial charge < -0.3 is 19.4 Å². The summed E-state index contributed by atoms with van der Waals surface area (Å²) in [6.07, 6.45) is 1.57. The van der Waals surface area contributed by atoms with Crippen LogP contribution < -0.4 is 15.6 Å². The fourth-order valence-corrected chi connectivity index (χ4v) is 3.50. The Labute approximate surface area is 201 Å². The number of rotatable bonds is 7. The Bertz CT molecular complexity index is 1260. The molecule has 3 heterocycles. The van der Waals surface area contributed by atoms with Crippen molar-refractivity contribution in [2.24, 2.45) is 5.10 Å². The number of nitrogens with zero attached hydrogens (tertiary/aromatic N) is 5. The van der Waals surface area contributed by atoms with Crippen LogP contribution in [0.3, 0.4) is 0 Å². The molecule has 10 heteroatoms. The maximum atomic E-state index is 5.96. The van der Waals surface area contributed by atoms with E-state index in [1.807, 2.05) is 66.7 Å². The van der Waals surface area contributed by atoms with E-state index in [-0.39, 0.29) is 0 Å². The second kappa shape index (κ2) is 10.3. The number of benzene rings is 2. The number of furan rings is 1. The second-order valence-corrected chi connectivity index (χ2v) is 7.89. The first-order valence-electron chi connectivity index (χ1n) is 10.8. The zero-order chi connectivity index (χ0) is 23.2. The third kappa shape index (κ3) is 5.51. The lowest BCUT2D eigenvalue weighted by Gasteiger charge is -2.27. The van der Waals surface area contributed by atoms with Gasteiger partial charge >= 0.3 is 0 Å². The molecule has 0 unspecified atom stereocenters. The van der Waals surface area contributed by atoms with E-state index in [1.165, 1.54) is 0 Å². The first kappa shape index (κ1) is 21.9. The lowest BCUT2D eigenvalue weighted by Crippen LogP contribution is -2.37. The molecule has 0 bridgehead atoms. The maximum Gasteiger partial charge on any atom is 0.250 e. The average Bonchev–Trinajstić information content (AvgIpc) is 3.34. The van der Waals surface area contributed by atoms with Crippen LogP contribution in [-0.2, 0) is 4.74 Å². The highest BCUT2D eigenvalue weighted by molar-refractivity contribution is 6.30. The SMILES string of the molecule is Clc1ccc(-c2ccc(/C=N/Nc3nc(Nc4ccccc4)nc(N4CCOCC4)n3)o2)cc1. The highest BCUT2D eigenvalue weighted by Crippen LogP contribution is 2.23. The van der Waals surface area contributed by atoms with Gasteiger partial charge in [-0.15, -0.1) is 0 Å². The Kier molecular flexibility index (Phi) is 6.64. The minimum atomic E-state index is 0.315. The van der Waals surface area contributed by atoms with Crippen LogP contribution in [0.1, 0.15) is 5.76 Å². The van der Waals surface area contributed by atoms with E-state index in [4.69, 9.17) is 20.8 Å². The van der Waals surface area contributed by atoms with Gasteiger partial charge in [0.2, 0.25) is 17.8 Å². The fourth-order valence-electron chi connectivity index (χ4n) is 3.37. The van der Waals surface area contributed by atoms with E-state index in [0.29, 0.717) is 54.9 Å². The highest BCUT2D eigenvalue weighted by atomic mass is 35.5. The molecule has 2 aromatic carbocycles. The summed E-state index contributed by atoms with van der Waals surface area (Å²) in [5.41, 5.74) is 4.70. The number of para-hydroxylation sites is 1. The van der Waals surface area contributed by atoms with Gasteiger partial charge in [-0.1, -0.05) is 29.8 Å². The van der Waals surface area contributed by atoms with E-state index < -0.39 is 0 Å². The Balaban J connectivity index is 1.33. The van der Waals surface area contributed by atoms with Crippen LogP contribution in [0.2, 0.25) is 5.02 Å². The number of hydrazone groups is 1. The Morgan fingerprint density at radius 1 is 0.882 bits per heavy atom. The number of halogens is 1. The zero-order valence-electron chi connectivity index (χ0n) is 18.2. The van der Waals surface area contributed by atoms with Crippen LogP contribution in [0.4, 0.5) is 23.5 Å². The molecule has 4 aromatic rings. The van der Waals surface area contributed by atoms with Crippen molar-refractivity contribution in [2.45, 2.75) is 0 Å². The van der Waals surface area contributed by atoms with Crippen LogP contribution in [0.15, 0.2) is 76.2 Å². The van der Waals surface area contributed by atoms with Crippen LogP contribution in [0, 0.1) is 0 Å². The molecular formula is C24H22ClN7O2. The molecule has 0 atom stereocenters. The summed E-state index contributed by atoms with van der Waals surface area (Å²) in [7, 11) is 0. The molecule has 0 radical (unpaired) electrons. The smallest absolute Gasteiger partial charge is 0.250 e. The summed E-state index contributed by atoms with van der Waals surface area (Å²) in [6, 6.07) is 20.9. The fraction of sp³-hybridized carbons (Fsp3) is 0.167. The molecule has 1 aliphatic heterocycles. The highest BCUT2D eigenvalue weighted by Gasteiger charge is 2.16. The summed E-state index contributed by atoms with van der Waals surface area (Å²) < 4.78 is 11.3. The summed E-state index contributed by atoms with van der Waals surface area (Å²) in [6.45, 7) is 2.67. The molecular weight excluding hydrogens is 454 g/mol. The quantitative estimate of drug-likeness (QED) is 0.290. The van der Waals surface area contributed by atoms with Crippen molar-refractivity contribution in [1.82, 2.24) is 15.0 Å². The molecule has 0 spiro atoms. The first-order valence-corrected chi connectivity index (χ1v) is 11.2. The third-order valence-electron chi connectivity index (χ3n) is 5.06. The standard InChI is InChI=1S/C24H22ClN7O2/c25-18-8-6-17(7-9-18)21-11-10-20(34-21)16-26-31-23-28-22(27-19-4-2-1-3-5-19)29-24(30-23)32-12-14-33-15-13-32/h1-11,16H,12-15H2,(H2,27,28,29,30,31)/b26-16+. The lowest BCUT2D eigenvalue weighted by molar-refractivity contribution is 0.122. The molecule has 1 fully saturated rings. The van der Waals surface area contributed by atoms with Crippen LogP contribution in [-0.4, -0.2) is 47.5 Å². The normalized spacial score (nSPS) is 13.9. The number of morpholine rings is 1. The molecule has 1 aliphatic rings. The van der Waals surface area contributed by atoms with Crippen molar-refractivity contribution in [3.05, 3.63) is 77.5 Å². The first-order chi connectivity index (χ1) is 16.7. The summed E-state index contributed by atoms with van der Waals surface area (Å²) in [4.78, 5) is 15.6. The molecule has 9 nitrogen and oxygen atoms in total. The van der Waals surface area contributed by atoms with Gasteiger partial charge in [-0.25, -0.2) is 5.43 Å². The minimum Gasteiger partial charge on any atom is -0.455 e. The molecule has 0 aliphatic carbocycles. The van der Waals surface area contributed by atoms with Crippen molar-refractivity contribution >= 4 is 41.3 Å². The molecule has 0 amide bonds. The molecule has 2 aromatic heterocycles. The molecule has 5 rings (SSSR count). The van der Waals surface area contributed by atoms with Crippen LogP contribution in [0.5, 0.6) is 0 Å². The minimum absolute atomic E-state index is 0.315. The number of hydrogen-bond acceptors (Lipinski definition) is 9. The molecule has 0 saturated carbocycles. The van der Waals surface area contributed by atoms with E-state index >= 15 is 0 Å². The van der Waals surface area contributed by atoms with Crippen molar-refractivity contribution in [2.75, 3.05) is 41.9 Å². The number of nitrogens with one attached hydrogen (secondary N) is 2. The van der Waals surface area contributed by atoms with Crippen molar-refractivity contribution < 1.29 is 9.15 Å². The van der Waals surface area contributed by atoms with E-state index in [2.05, 4.69) is 35.7 Å². The molecule has 2 N–H and O–H groups in total. The maximum absolute atomic E-state index is 5.96. The molecule has 1 saturated heterocycles. The van der Waals surface area contributed by atoms with Gasteiger partial charge in [-0.3, -0.25) is 0 Å². The molecule has 172 valence electrons. The van der Waals surface area contributed by atoms with Gasteiger partial charge in [0.1, 0.15) is 11.5 Å². The van der Waals surface area contributed by atoms with Gasteiger partial charge in [0, 0.05) is 29.4 Å². The number of anilines is 4. The van der Waals surface area contributed by atoms with Gasteiger partial charge in [0.15, 0.2) is 0 Å². The van der Waals surface area contributed by atoms with Crippen molar-refractivity contribution in [3.63, 3.8) is 0 Å². The average molecular weight is 476 g/mol. The van der Waals surface area contributed by atoms with E-state index in [1.54, 1.807) is 6.21 Å². The molecule has 34 heavy (non-hydrogen) atoms. The predicted molar refractivity (Wildman–Crippen MR) is 133 cm³/mol. The van der Waals surface area contributed by atoms with Crippen LogP contribution in [0.25, 0.3) is 11.3 Å². The summed E-state index contributed by atoms with van der Waals surface area (Å²) >= 11 is 5.96. The van der Waals surface area contributed by atoms with Crippen LogP contribution >= 0.6 is 11.6 Å². The monoisotopic (exact) mass is 475 g/mol. The number of ether oxygens (including phenoxy) is 1. The Morgan fingerprint density at radius 3 is 2.44 bits per heavy atom. The largest absolute Gasteiger partial charge is 0.455 e. The van der Waals surface area contributed by atoms with Crippen molar-refractivity contribution in [3.8, 4) is 11.3 Å². The Morgan fingerprint density at radius 2 is 1.65 bits per heavy atom. The number of aromatic nitrogens is 3. The zero-order valence-corrected chi connectivity index (χ0v) is 18.9. The van der Waals surface area contributed by atoms with Gasteiger partial charge in [0.25, 0.3) is 0 Å². The number of hydrogen-bond donors (Lipinski definition) is 2. The topological polar surface area (TPSA) is 101 Å². The summed E-state index contributed by atoms with van der Waals surface area (Å²) in [5, 5.41) is 8.15. The van der Waals surface area contributed by atoms with E-state index in [0.717, 1.165) is 17.0 Å². The third-order valence-corrected chi connectivity index (χ3v) is 5.31. The lowest BCUT2D eigenvalue weighted by atomic mass is 10.2. The van der Waals surface area contributed by atoms with E-state index in [9.17, 15) is 0 Å². The van der Waals surface area contributed by atoms with Gasteiger partial charge in [0.05, 0.1) is 19.4 Å². The van der Waals surface area contributed by atoms with Crippen molar-refractivity contribution in [1.29, 1.82) is 0 Å².